The van der Waals surface area contributed by atoms with Gasteiger partial charge in [0.25, 0.3) is 5.91 Å². The molecule has 0 aromatic heterocycles. The first-order chi connectivity index (χ1) is 15.8. The Kier molecular flexibility index (Phi) is 9.41. The van der Waals surface area contributed by atoms with E-state index in [0.717, 1.165) is 25.8 Å². The van der Waals surface area contributed by atoms with Crippen LogP contribution in [0.1, 0.15) is 43.5 Å². The minimum Gasteiger partial charge on any atom is -0.342 e. The molecule has 0 N–H and O–H groups in total. The molecular weight excluding hydrogens is 463 g/mol. The number of benzene rings is 1. The summed E-state index contributed by atoms with van der Waals surface area (Å²) in [4.78, 5) is 46.4. The van der Waals surface area contributed by atoms with Crippen LogP contribution in [0.2, 0.25) is 10.0 Å². The Morgan fingerprint density at radius 2 is 1.67 bits per heavy atom. The van der Waals surface area contributed by atoms with Gasteiger partial charge in [-0.3, -0.25) is 19.3 Å². The second-order valence-corrected chi connectivity index (χ2v) is 9.55. The number of nitrogens with zero attached hydrogens (tertiary/aromatic N) is 4. The minimum absolute atomic E-state index is 0.110. The van der Waals surface area contributed by atoms with Gasteiger partial charge >= 0.3 is 0 Å². The molecule has 0 spiro atoms. The highest BCUT2D eigenvalue weighted by molar-refractivity contribution is 6.42. The predicted octanol–water partition coefficient (Wildman–Crippen LogP) is 3.25. The molecule has 182 valence electrons. The Morgan fingerprint density at radius 1 is 0.939 bits per heavy atom. The van der Waals surface area contributed by atoms with Crippen LogP contribution in [0.15, 0.2) is 18.2 Å². The van der Waals surface area contributed by atoms with Crippen molar-refractivity contribution in [3.8, 4) is 0 Å². The molecule has 2 heterocycles. The lowest BCUT2D eigenvalue weighted by Crippen LogP contribution is -2.47. The van der Waals surface area contributed by atoms with E-state index in [-0.39, 0.29) is 23.6 Å². The second kappa shape index (κ2) is 12.0. The van der Waals surface area contributed by atoms with Crippen LogP contribution in [-0.4, -0.2) is 96.2 Å². The summed E-state index contributed by atoms with van der Waals surface area (Å²) in [5.41, 5.74) is 0.487. The van der Waals surface area contributed by atoms with Gasteiger partial charge in [-0.2, -0.15) is 0 Å². The third-order valence-corrected chi connectivity index (χ3v) is 7.34. The Bertz CT molecular complexity index is 862. The molecule has 9 heteroatoms. The summed E-state index contributed by atoms with van der Waals surface area (Å²) in [6.45, 7) is 9.66. The van der Waals surface area contributed by atoms with Crippen molar-refractivity contribution in [2.45, 2.75) is 33.1 Å². The molecule has 0 radical (unpaired) electrons. The fraction of sp³-hybridized carbons (Fsp3) is 0.625. The first-order valence-corrected chi connectivity index (χ1v) is 12.6. The molecular formula is C24H34Cl2N4O3. The predicted molar refractivity (Wildman–Crippen MR) is 131 cm³/mol. The molecule has 3 rings (SSSR count). The Balaban J connectivity index is 1.56. The van der Waals surface area contributed by atoms with E-state index in [9.17, 15) is 14.4 Å². The maximum absolute atomic E-state index is 13.3. The van der Waals surface area contributed by atoms with Crippen molar-refractivity contribution in [3.63, 3.8) is 0 Å². The van der Waals surface area contributed by atoms with Gasteiger partial charge in [-0.25, -0.2) is 0 Å². The van der Waals surface area contributed by atoms with Crippen LogP contribution in [-0.2, 0) is 9.59 Å². The molecule has 2 aliphatic heterocycles. The standard InChI is InChI=1S/C24H34Cl2N4O3/c1-3-28(4-2)22(31)17-27-10-6-12-29(14-13-27)24(33)19-7-5-11-30(16-19)23(32)18-8-9-20(25)21(26)15-18/h8-9,15,19H,3-7,10-14,16-17H2,1-2H3. The van der Waals surface area contributed by atoms with Gasteiger partial charge in [0.1, 0.15) is 0 Å². The van der Waals surface area contributed by atoms with Crippen molar-refractivity contribution in [2.75, 3.05) is 58.9 Å². The van der Waals surface area contributed by atoms with Crippen LogP contribution in [0, 0.1) is 5.92 Å². The van der Waals surface area contributed by atoms with Gasteiger partial charge in [0.2, 0.25) is 11.8 Å². The van der Waals surface area contributed by atoms with Crippen LogP contribution >= 0.6 is 23.2 Å². The van der Waals surface area contributed by atoms with Crippen molar-refractivity contribution in [2.24, 2.45) is 5.92 Å². The average Bonchev–Trinajstić information content (AvgIpc) is 3.06. The lowest BCUT2D eigenvalue weighted by atomic mass is 9.95. The Labute approximate surface area is 206 Å². The highest BCUT2D eigenvalue weighted by Crippen LogP contribution is 2.25. The maximum atomic E-state index is 13.3. The lowest BCUT2D eigenvalue weighted by molar-refractivity contribution is -0.136. The van der Waals surface area contributed by atoms with E-state index in [1.165, 1.54) is 0 Å². The highest BCUT2D eigenvalue weighted by atomic mass is 35.5. The molecule has 1 aromatic carbocycles. The lowest BCUT2D eigenvalue weighted by Gasteiger charge is -2.35. The number of likely N-dealkylation sites (N-methyl/N-ethyl adjacent to an activating group) is 1. The third-order valence-electron chi connectivity index (χ3n) is 6.60. The number of carbonyl (C=O) groups excluding carboxylic acids is 3. The van der Waals surface area contributed by atoms with E-state index >= 15 is 0 Å². The third kappa shape index (κ3) is 6.61. The van der Waals surface area contributed by atoms with Gasteiger partial charge in [0, 0.05) is 57.9 Å². The molecule has 1 atom stereocenters. The fourth-order valence-corrected chi connectivity index (χ4v) is 4.95. The van der Waals surface area contributed by atoms with Crippen LogP contribution < -0.4 is 0 Å². The first-order valence-electron chi connectivity index (χ1n) is 11.9. The molecule has 0 saturated carbocycles. The zero-order valence-corrected chi connectivity index (χ0v) is 21.1. The van der Waals surface area contributed by atoms with Crippen molar-refractivity contribution in [1.82, 2.24) is 19.6 Å². The zero-order chi connectivity index (χ0) is 24.0. The van der Waals surface area contributed by atoms with Crippen LogP contribution in [0.3, 0.4) is 0 Å². The number of carbonyl (C=O) groups is 3. The van der Waals surface area contributed by atoms with E-state index in [2.05, 4.69) is 4.90 Å². The van der Waals surface area contributed by atoms with Gasteiger partial charge in [-0.15, -0.1) is 0 Å². The van der Waals surface area contributed by atoms with Gasteiger partial charge in [0.15, 0.2) is 0 Å². The molecule has 2 aliphatic rings. The van der Waals surface area contributed by atoms with E-state index in [1.807, 2.05) is 23.6 Å². The van der Waals surface area contributed by atoms with Gasteiger partial charge < -0.3 is 14.7 Å². The molecule has 0 bridgehead atoms. The first kappa shape index (κ1) is 25.8. The van der Waals surface area contributed by atoms with Crippen LogP contribution in [0.25, 0.3) is 0 Å². The zero-order valence-electron chi connectivity index (χ0n) is 19.6. The van der Waals surface area contributed by atoms with E-state index in [4.69, 9.17) is 23.2 Å². The van der Waals surface area contributed by atoms with Gasteiger partial charge in [0.05, 0.1) is 22.5 Å². The van der Waals surface area contributed by atoms with Crippen molar-refractivity contribution in [1.29, 1.82) is 0 Å². The monoisotopic (exact) mass is 496 g/mol. The second-order valence-electron chi connectivity index (χ2n) is 8.74. The van der Waals surface area contributed by atoms with Crippen molar-refractivity contribution in [3.05, 3.63) is 33.8 Å². The molecule has 7 nitrogen and oxygen atoms in total. The number of hydrogen-bond donors (Lipinski definition) is 0. The van der Waals surface area contributed by atoms with Crippen LogP contribution in [0.5, 0.6) is 0 Å². The molecule has 0 aliphatic carbocycles. The quantitative estimate of drug-likeness (QED) is 0.606. The van der Waals surface area contributed by atoms with Crippen molar-refractivity contribution < 1.29 is 14.4 Å². The minimum atomic E-state index is -0.200. The summed E-state index contributed by atoms with van der Waals surface area (Å²) in [6, 6.07) is 4.88. The number of hydrogen-bond acceptors (Lipinski definition) is 4. The summed E-state index contributed by atoms with van der Waals surface area (Å²) in [5.74, 6) is -0.0700. The number of likely N-dealkylation sites (tertiary alicyclic amines) is 1. The van der Waals surface area contributed by atoms with Gasteiger partial charge in [-0.05, 0) is 51.3 Å². The van der Waals surface area contributed by atoms with Gasteiger partial charge in [-0.1, -0.05) is 23.2 Å². The summed E-state index contributed by atoms with van der Waals surface area (Å²) in [6.07, 6.45) is 2.42. The molecule has 2 saturated heterocycles. The average molecular weight is 497 g/mol. The topological polar surface area (TPSA) is 64.2 Å². The maximum Gasteiger partial charge on any atom is 0.253 e. The SMILES string of the molecule is CCN(CC)C(=O)CN1CCCN(C(=O)C2CCCN(C(=O)c3ccc(Cl)c(Cl)c3)C2)CC1. The van der Waals surface area contributed by atoms with Crippen molar-refractivity contribution >= 4 is 40.9 Å². The number of halogens is 2. The number of rotatable bonds is 6. The molecule has 2 fully saturated rings. The smallest absolute Gasteiger partial charge is 0.253 e. The highest BCUT2D eigenvalue weighted by Gasteiger charge is 2.32. The Morgan fingerprint density at radius 3 is 2.36 bits per heavy atom. The summed E-state index contributed by atoms with van der Waals surface area (Å²) < 4.78 is 0. The summed E-state index contributed by atoms with van der Waals surface area (Å²) in [7, 11) is 0. The summed E-state index contributed by atoms with van der Waals surface area (Å²) in [5, 5.41) is 0.759. The normalized spacial score (nSPS) is 19.8. The molecule has 1 unspecified atom stereocenters. The van der Waals surface area contributed by atoms with E-state index in [1.54, 1.807) is 23.1 Å². The fourth-order valence-electron chi connectivity index (χ4n) is 4.65. The largest absolute Gasteiger partial charge is 0.342 e. The molecule has 3 amide bonds. The summed E-state index contributed by atoms with van der Waals surface area (Å²) >= 11 is 12.1. The molecule has 1 aromatic rings. The number of piperidine rings is 1. The van der Waals surface area contributed by atoms with E-state index in [0.29, 0.717) is 68.0 Å². The van der Waals surface area contributed by atoms with E-state index < -0.39 is 0 Å². The Hall–Kier alpha value is -1.83. The molecule has 33 heavy (non-hydrogen) atoms. The van der Waals surface area contributed by atoms with Crippen LogP contribution in [0.4, 0.5) is 0 Å². The number of amides is 3.